The molecule has 0 aliphatic heterocycles. The maximum atomic E-state index is 12.0. The number of hydrogen-bond acceptors (Lipinski definition) is 4. The highest BCUT2D eigenvalue weighted by atomic mass is 16.5. The second-order valence-corrected chi connectivity index (χ2v) is 7.29. The van der Waals surface area contributed by atoms with Crippen molar-refractivity contribution in [2.75, 3.05) is 0 Å². The van der Waals surface area contributed by atoms with Crippen LogP contribution in [0.15, 0.2) is 0 Å². The van der Waals surface area contributed by atoms with E-state index in [1.54, 1.807) is 0 Å². The maximum absolute atomic E-state index is 12.0. The van der Waals surface area contributed by atoms with E-state index in [9.17, 15) is 9.59 Å². The van der Waals surface area contributed by atoms with Gasteiger partial charge in [-0.25, -0.2) is 0 Å². The lowest BCUT2D eigenvalue weighted by Crippen LogP contribution is -2.19. The summed E-state index contributed by atoms with van der Waals surface area (Å²) < 4.78 is 11.2. The van der Waals surface area contributed by atoms with Gasteiger partial charge in [-0.2, -0.15) is 0 Å². The summed E-state index contributed by atoms with van der Waals surface area (Å²) in [6.45, 7) is 8.53. The first-order valence-corrected chi connectivity index (χ1v) is 11.0. The highest BCUT2D eigenvalue weighted by Crippen LogP contribution is 2.15. The molecule has 0 saturated carbocycles. The van der Waals surface area contributed by atoms with Crippen LogP contribution in [0.4, 0.5) is 0 Å². The summed E-state index contributed by atoms with van der Waals surface area (Å²) in [5.74, 6) is -0.251. The molecule has 2 atom stereocenters. The summed E-state index contributed by atoms with van der Waals surface area (Å²) in [6, 6.07) is 0. The van der Waals surface area contributed by atoms with Crippen LogP contribution in [0.1, 0.15) is 118 Å². The van der Waals surface area contributed by atoms with Gasteiger partial charge >= 0.3 is 11.9 Å². The lowest BCUT2D eigenvalue weighted by Gasteiger charge is -2.17. The second kappa shape index (κ2) is 17.4. The fourth-order valence-electron chi connectivity index (χ4n) is 3.06. The summed E-state index contributed by atoms with van der Waals surface area (Å²) in [4.78, 5) is 24.0. The molecule has 0 fully saturated rings. The zero-order valence-electron chi connectivity index (χ0n) is 17.7. The van der Waals surface area contributed by atoms with Gasteiger partial charge in [0.05, 0.1) is 0 Å². The van der Waals surface area contributed by atoms with Crippen LogP contribution in [0.3, 0.4) is 0 Å². The second-order valence-electron chi connectivity index (χ2n) is 7.29. The Kier molecular flexibility index (Phi) is 16.7. The van der Waals surface area contributed by atoms with E-state index in [0.717, 1.165) is 64.2 Å². The van der Waals surface area contributed by atoms with Crippen molar-refractivity contribution in [3.63, 3.8) is 0 Å². The van der Waals surface area contributed by atoms with E-state index in [-0.39, 0.29) is 24.1 Å². The Balaban J connectivity index is 3.96. The van der Waals surface area contributed by atoms with E-state index in [0.29, 0.717) is 25.7 Å². The highest BCUT2D eigenvalue weighted by Gasteiger charge is 2.15. The summed E-state index contributed by atoms with van der Waals surface area (Å²) >= 11 is 0. The molecule has 26 heavy (non-hydrogen) atoms. The quantitative estimate of drug-likeness (QED) is 0.221. The van der Waals surface area contributed by atoms with E-state index in [4.69, 9.17) is 9.47 Å². The average molecular weight is 371 g/mol. The highest BCUT2D eigenvalue weighted by molar-refractivity contribution is 5.70. The summed E-state index contributed by atoms with van der Waals surface area (Å²) in [5.41, 5.74) is 0. The van der Waals surface area contributed by atoms with Crippen LogP contribution in [0.2, 0.25) is 0 Å². The molecule has 0 N–H and O–H groups in total. The SMILES string of the molecule is CCCCC(CCC)OC(=O)CCCCC(=O)OC(CCC)CCCC. The average Bonchev–Trinajstić information content (AvgIpc) is 2.61. The van der Waals surface area contributed by atoms with E-state index in [1.165, 1.54) is 0 Å². The molecule has 0 saturated heterocycles. The molecule has 0 aliphatic rings. The molecule has 0 amide bonds. The predicted octanol–water partition coefficient (Wildman–Crippen LogP) is 6.35. The van der Waals surface area contributed by atoms with E-state index >= 15 is 0 Å². The molecule has 154 valence electrons. The zero-order valence-corrected chi connectivity index (χ0v) is 17.7. The predicted molar refractivity (Wildman–Crippen MR) is 107 cm³/mol. The lowest BCUT2D eigenvalue weighted by atomic mass is 10.1. The molecule has 2 unspecified atom stereocenters. The van der Waals surface area contributed by atoms with Crippen LogP contribution in [0.25, 0.3) is 0 Å². The molecule has 0 rings (SSSR count). The van der Waals surface area contributed by atoms with Gasteiger partial charge in [0.2, 0.25) is 0 Å². The first-order chi connectivity index (χ1) is 12.6. The van der Waals surface area contributed by atoms with Crippen molar-refractivity contribution >= 4 is 11.9 Å². The molecule has 0 aromatic rings. The topological polar surface area (TPSA) is 52.6 Å². The van der Waals surface area contributed by atoms with Crippen molar-refractivity contribution in [2.24, 2.45) is 0 Å². The van der Waals surface area contributed by atoms with Gasteiger partial charge in [0.15, 0.2) is 0 Å². The maximum Gasteiger partial charge on any atom is 0.306 e. The van der Waals surface area contributed by atoms with Crippen LogP contribution in [-0.2, 0) is 19.1 Å². The van der Waals surface area contributed by atoms with Crippen molar-refractivity contribution in [3.8, 4) is 0 Å². The number of unbranched alkanes of at least 4 members (excludes halogenated alkanes) is 3. The number of rotatable bonds is 17. The van der Waals surface area contributed by atoms with Gasteiger partial charge in [-0.3, -0.25) is 9.59 Å². The Hall–Kier alpha value is -1.06. The Morgan fingerprint density at radius 3 is 1.27 bits per heavy atom. The van der Waals surface area contributed by atoms with E-state index < -0.39 is 0 Å². The number of carbonyl (C=O) groups is 2. The summed E-state index contributed by atoms with van der Waals surface area (Å²) in [5, 5.41) is 0. The lowest BCUT2D eigenvalue weighted by molar-refractivity contribution is -0.152. The molecule has 0 aliphatic carbocycles. The van der Waals surface area contributed by atoms with Crippen LogP contribution in [0, 0.1) is 0 Å². The van der Waals surface area contributed by atoms with Crippen LogP contribution in [-0.4, -0.2) is 24.1 Å². The summed E-state index contributed by atoms with van der Waals surface area (Å²) in [6.07, 6.45) is 12.6. The molecule has 0 aromatic heterocycles. The molecule has 4 heteroatoms. The minimum Gasteiger partial charge on any atom is -0.462 e. The Morgan fingerprint density at radius 2 is 0.962 bits per heavy atom. The van der Waals surface area contributed by atoms with Gasteiger partial charge in [-0.05, 0) is 38.5 Å². The first kappa shape index (κ1) is 24.9. The van der Waals surface area contributed by atoms with Crippen LogP contribution >= 0.6 is 0 Å². The van der Waals surface area contributed by atoms with E-state index in [1.807, 2.05) is 0 Å². The monoisotopic (exact) mass is 370 g/mol. The largest absolute Gasteiger partial charge is 0.462 e. The van der Waals surface area contributed by atoms with Gasteiger partial charge in [0.25, 0.3) is 0 Å². The first-order valence-electron chi connectivity index (χ1n) is 11.0. The smallest absolute Gasteiger partial charge is 0.306 e. The number of ether oxygens (including phenoxy) is 2. The summed E-state index contributed by atoms with van der Waals surface area (Å²) in [7, 11) is 0. The normalized spacial score (nSPS) is 13.2. The molecule has 0 bridgehead atoms. The third kappa shape index (κ3) is 14.1. The molecule has 0 aromatic carbocycles. The number of hydrogen-bond donors (Lipinski definition) is 0. The van der Waals surface area contributed by atoms with Gasteiger partial charge in [0, 0.05) is 12.8 Å². The minimum atomic E-state index is -0.125. The fraction of sp³-hybridized carbons (Fsp3) is 0.909. The zero-order chi connectivity index (χ0) is 19.6. The van der Waals surface area contributed by atoms with Crippen molar-refractivity contribution in [2.45, 2.75) is 130 Å². The van der Waals surface area contributed by atoms with Gasteiger partial charge in [0.1, 0.15) is 12.2 Å². The molecule has 4 nitrogen and oxygen atoms in total. The molecular weight excluding hydrogens is 328 g/mol. The third-order valence-electron chi connectivity index (χ3n) is 4.59. The van der Waals surface area contributed by atoms with Gasteiger partial charge in [-0.15, -0.1) is 0 Å². The van der Waals surface area contributed by atoms with Crippen molar-refractivity contribution in [1.29, 1.82) is 0 Å². The minimum absolute atomic E-state index is 0.0609. The van der Waals surface area contributed by atoms with Crippen molar-refractivity contribution in [3.05, 3.63) is 0 Å². The van der Waals surface area contributed by atoms with Gasteiger partial charge in [-0.1, -0.05) is 66.2 Å². The molecule has 0 heterocycles. The Labute approximate surface area is 161 Å². The Morgan fingerprint density at radius 1 is 0.577 bits per heavy atom. The van der Waals surface area contributed by atoms with E-state index in [2.05, 4.69) is 27.7 Å². The fourth-order valence-corrected chi connectivity index (χ4v) is 3.06. The molecule has 0 radical (unpaired) electrons. The van der Waals surface area contributed by atoms with Crippen LogP contribution in [0.5, 0.6) is 0 Å². The van der Waals surface area contributed by atoms with Crippen LogP contribution < -0.4 is 0 Å². The Bertz CT molecular complexity index is 320. The van der Waals surface area contributed by atoms with Crippen molar-refractivity contribution in [1.82, 2.24) is 0 Å². The van der Waals surface area contributed by atoms with Crippen molar-refractivity contribution < 1.29 is 19.1 Å². The standard InChI is InChI=1S/C22H42O4/c1-5-9-15-19(13-7-3)25-21(23)17-11-12-18-22(24)26-20(14-8-4)16-10-6-2/h19-20H,5-18H2,1-4H3. The third-order valence-corrected chi connectivity index (χ3v) is 4.59. The number of esters is 2. The van der Waals surface area contributed by atoms with Gasteiger partial charge < -0.3 is 9.47 Å². The molecular formula is C22H42O4. The molecule has 0 spiro atoms. The number of carbonyl (C=O) groups excluding carboxylic acids is 2.